The first-order valence-corrected chi connectivity index (χ1v) is 18.1. The van der Waals surface area contributed by atoms with Crippen molar-refractivity contribution >= 4 is 38.9 Å². The van der Waals surface area contributed by atoms with Gasteiger partial charge < -0.3 is 31.2 Å². The van der Waals surface area contributed by atoms with Crippen LogP contribution in [-0.2, 0) is 9.59 Å². The normalized spacial score (nSPS) is 23.2. The molecule has 2 fully saturated rings. The van der Waals surface area contributed by atoms with Gasteiger partial charge in [0, 0.05) is 13.1 Å². The van der Waals surface area contributed by atoms with Crippen molar-refractivity contribution in [2.24, 2.45) is 23.3 Å². The van der Waals surface area contributed by atoms with Crippen molar-refractivity contribution in [3.8, 4) is 0 Å². The number of nitrogens with zero attached hydrogens (tertiary/aromatic N) is 4. The number of amides is 2. The summed E-state index contributed by atoms with van der Waals surface area (Å²) >= 11 is 3.71. The first kappa shape index (κ1) is 33.6. The van der Waals surface area contributed by atoms with E-state index >= 15 is 0 Å². The SMILES string of the molecule is CC(C)C(N)C(=O)N1CCCC1c1ncc(C2=CC=C(C3=CC=C(c4nc(C5CCCN5C(=O)C(N)C(C)C)[nH]c4Br)CC3)CC2)[nH]1. The lowest BCUT2D eigenvalue weighted by Crippen LogP contribution is -2.46. The summed E-state index contributed by atoms with van der Waals surface area (Å²) in [4.78, 5) is 46.6. The number of nitrogens with two attached hydrogens (primary N) is 2. The molecule has 0 radical (unpaired) electrons. The van der Waals surface area contributed by atoms with Gasteiger partial charge in [0.25, 0.3) is 0 Å². The van der Waals surface area contributed by atoms with Crippen LogP contribution in [0.2, 0.25) is 0 Å². The van der Waals surface area contributed by atoms with Crippen molar-refractivity contribution < 1.29 is 9.59 Å². The third-order valence-corrected chi connectivity index (χ3v) is 10.9. The molecule has 6 N–H and O–H groups in total. The van der Waals surface area contributed by atoms with Gasteiger partial charge in [-0.25, -0.2) is 9.97 Å². The highest BCUT2D eigenvalue weighted by Crippen LogP contribution is 2.39. The topological polar surface area (TPSA) is 150 Å². The summed E-state index contributed by atoms with van der Waals surface area (Å²) in [6, 6.07) is -1.10. The van der Waals surface area contributed by atoms with E-state index in [4.69, 9.17) is 21.4 Å². The van der Waals surface area contributed by atoms with Gasteiger partial charge >= 0.3 is 0 Å². The monoisotopic (exact) mass is 704 g/mol. The first-order chi connectivity index (χ1) is 22.5. The molecule has 0 spiro atoms. The lowest BCUT2D eigenvalue weighted by atomic mass is 9.86. The van der Waals surface area contributed by atoms with Gasteiger partial charge in [0.15, 0.2) is 0 Å². The van der Waals surface area contributed by atoms with Crippen molar-refractivity contribution in [2.45, 2.75) is 103 Å². The molecule has 4 atom stereocenters. The zero-order valence-electron chi connectivity index (χ0n) is 28.1. The number of carbonyl (C=O) groups is 2. The van der Waals surface area contributed by atoms with Crippen LogP contribution in [0.1, 0.15) is 114 Å². The lowest BCUT2D eigenvalue weighted by molar-refractivity contribution is -0.135. The predicted molar refractivity (Wildman–Crippen MR) is 188 cm³/mol. The Morgan fingerprint density at radius 3 is 1.77 bits per heavy atom. The van der Waals surface area contributed by atoms with Crippen molar-refractivity contribution in [2.75, 3.05) is 13.1 Å². The molecule has 2 saturated heterocycles. The van der Waals surface area contributed by atoms with Gasteiger partial charge in [-0.05, 0) is 101 Å². The Morgan fingerprint density at radius 2 is 1.26 bits per heavy atom. The number of hydrogen-bond acceptors (Lipinski definition) is 6. The van der Waals surface area contributed by atoms with E-state index in [0.29, 0.717) is 6.54 Å². The number of allylic oxidation sites excluding steroid dienone is 8. The maximum absolute atomic E-state index is 13.1. The Bertz CT molecular complexity index is 1630. The number of rotatable bonds is 9. The van der Waals surface area contributed by atoms with Gasteiger partial charge in [-0.3, -0.25) is 9.59 Å². The molecule has 2 amide bonds. The summed E-state index contributed by atoms with van der Waals surface area (Å²) in [7, 11) is 0. The number of hydrogen-bond donors (Lipinski definition) is 4. The molecule has 10 nitrogen and oxygen atoms in total. The van der Waals surface area contributed by atoms with Crippen LogP contribution < -0.4 is 11.5 Å². The van der Waals surface area contributed by atoms with Gasteiger partial charge in [0.1, 0.15) is 16.3 Å². The van der Waals surface area contributed by atoms with E-state index in [1.807, 2.05) is 43.7 Å². The van der Waals surface area contributed by atoms with Crippen LogP contribution in [0, 0.1) is 11.8 Å². The number of H-pyrrole nitrogens is 2. The van der Waals surface area contributed by atoms with Crippen molar-refractivity contribution in [1.29, 1.82) is 0 Å². The molecule has 252 valence electrons. The quantitative estimate of drug-likeness (QED) is 0.248. The second-order valence-corrected chi connectivity index (χ2v) is 14.9. The minimum Gasteiger partial charge on any atom is -0.341 e. The summed E-state index contributed by atoms with van der Waals surface area (Å²) in [5.41, 5.74) is 19.5. The van der Waals surface area contributed by atoms with Crippen LogP contribution in [0.25, 0.3) is 11.1 Å². The molecule has 4 unspecified atom stereocenters. The Hall–Kier alpha value is -3.28. The standard InChI is InChI=1S/C36H49BrN8O2/c1-20(2)29(38)35(46)44-17-5-7-27(44)33-40-19-26(41-33)24-13-9-22(10-14-24)23-11-15-25(16-12-23)31-32(37)43-34(42-31)28-8-6-18-45(28)36(47)30(39)21(3)4/h9,11,13,15,19-21,27-30H,5-8,10,12,14,16-18,38-39H2,1-4H3,(H,40,41)(H,42,43). The molecule has 0 bridgehead atoms. The van der Waals surface area contributed by atoms with Gasteiger partial charge in [-0.2, -0.15) is 0 Å². The van der Waals surface area contributed by atoms with Crippen LogP contribution >= 0.6 is 15.9 Å². The number of aromatic amines is 2. The minimum atomic E-state index is -0.496. The molecule has 4 aliphatic rings. The Kier molecular flexibility index (Phi) is 10.1. The highest BCUT2D eigenvalue weighted by atomic mass is 79.9. The average Bonchev–Trinajstić information content (AvgIpc) is 3.90. The fourth-order valence-electron chi connectivity index (χ4n) is 7.22. The number of likely N-dealkylation sites (tertiary alicyclic amines) is 2. The van der Waals surface area contributed by atoms with Crippen LogP contribution in [-0.4, -0.2) is 66.7 Å². The Morgan fingerprint density at radius 1 is 0.766 bits per heavy atom. The highest BCUT2D eigenvalue weighted by molar-refractivity contribution is 9.10. The highest BCUT2D eigenvalue weighted by Gasteiger charge is 2.37. The van der Waals surface area contributed by atoms with Gasteiger partial charge in [-0.1, -0.05) is 52.0 Å². The second-order valence-electron chi connectivity index (χ2n) is 14.2. The number of nitrogens with one attached hydrogen (secondary N) is 2. The third-order valence-electron chi connectivity index (χ3n) is 10.3. The molecule has 2 aromatic heterocycles. The van der Waals surface area contributed by atoms with Gasteiger partial charge in [0.05, 0.1) is 41.8 Å². The number of carbonyl (C=O) groups excluding carboxylic acids is 2. The van der Waals surface area contributed by atoms with E-state index in [-0.39, 0.29) is 35.7 Å². The summed E-state index contributed by atoms with van der Waals surface area (Å²) < 4.78 is 0.860. The van der Waals surface area contributed by atoms with Gasteiger partial charge in [-0.15, -0.1) is 0 Å². The molecular weight excluding hydrogens is 656 g/mol. The smallest absolute Gasteiger partial charge is 0.240 e. The first-order valence-electron chi connectivity index (χ1n) is 17.3. The fraction of sp³-hybridized carbons (Fsp3) is 0.556. The third kappa shape index (κ3) is 6.85. The molecule has 0 aromatic carbocycles. The van der Waals surface area contributed by atoms with E-state index in [2.05, 4.69) is 50.2 Å². The van der Waals surface area contributed by atoms with E-state index in [1.54, 1.807) is 0 Å². The zero-order valence-corrected chi connectivity index (χ0v) is 29.6. The number of aromatic nitrogens is 4. The summed E-state index contributed by atoms with van der Waals surface area (Å²) in [6.07, 6.45) is 18.2. The van der Waals surface area contributed by atoms with E-state index < -0.39 is 12.1 Å². The summed E-state index contributed by atoms with van der Waals surface area (Å²) in [6.45, 7) is 9.40. The molecule has 47 heavy (non-hydrogen) atoms. The van der Waals surface area contributed by atoms with Crippen LogP contribution in [0.5, 0.6) is 0 Å². The molecule has 2 aliphatic carbocycles. The maximum atomic E-state index is 13.1. The zero-order chi connectivity index (χ0) is 33.4. The lowest BCUT2D eigenvalue weighted by Gasteiger charge is -2.27. The summed E-state index contributed by atoms with van der Waals surface area (Å²) in [5, 5.41) is 0. The largest absolute Gasteiger partial charge is 0.341 e. The molecule has 0 saturated carbocycles. The van der Waals surface area contributed by atoms with Crippen molar-refractivity contribution in [1.82, 2.24) is 29.7 Å². The molecule has 2 aliphatic heterocycles. The van der Waals surface area contributed by atoms with E-state index in [1.165, 1.54) is 22.3 Å². The van der Waals surface area contributed by atoms with Gasteiger partial charge in [0.2, 0.25) is 11.8 Å². The van der Waals surface area contributed by atoms with Crippen molar-refractivity contribution in [3.63, 3.8) is 0 Å². The maximum Gasteiger partial charge on any atom is 0.240 e. The van der Waals surface area contributed by atoms with Crippen LogP contribution in [0.4, 0.5) is 0 Å². The Labute approximate surface area is 286 Å². The fourth-order valence-corrected chi connectivity index (χ4v) is 7.77. The van der Waals surface area contributed by atoms with Crippen LogP contribution in [0.3, 0.4) is 0 Å². The second kappa shape index (κ2) is 14.1. The Balaban J connectivity index is 1.13. The molecular formula is C36H49BrN8O2. The van der Waals surface area contributed by atoms with Crippen molar-refractivity contribution in [3.05, 3.63) is 69.3 Å². The molecule has 11 heteroatoms. The van der Waals surface area contributed by atoms with E-state index in [0.717, 1.165) is 85.6 Å². The average molecular weight is 706 g/mol. The summed E-state index contributed by atoms with van der Waals surface area (Å²) in [5.74, 6) is 1.89. The minimum absolute atomic E-state index is 0.00575. The number of halogens is 1. The van der Waals surface area contributed by atoms with E-state index in [9.17, 15) is 9.59 Å². The molecule has 6 rings (SSSR count). The molecule has 2 aromatic rings. The predicted octanol–water partition coefficient (Wildman–Crippen LogP) is 6.10. The molecule has 4 heterocycles. The number of imidazole rings is 2. The van der Waals surface area contributed by atoms with Crippen LogP contribution in [0.15, 0.2) is 46.3 Å².